The fourth-order valence-electron chi connectivity index (χ4n) is 5.04. The van der Waals surface area contributed by atoms with Crippen LogP contribution in [0.4, 0.5) is 4.39 Å². The molecule has 3 aliphatic rings. The summed E-state index contributed by atoms with van der Waals surface area (Å²) < 4.78 is 20.4. The van der Waals surface area contributed by atoms with Gasteiger partial charge >= 0.3 is 0 Å². The second kappa shape index (κ2) is 9.27. The highest BCUT2D eigenvalue weighted by Crippen LogP contribution is 2.33. The van der Waals surface area contributed by atoms with Gasteiger partial charge in [-0.1, -0.05) is 24.1 Å². The first-order valence-electron chi connectivity index (χ1n) is 10.6. The quantitative estimate of drug-likeness (QED) is 0.676. The number of benzene rings is 1. The highest BCUT2D eigenvalue weighted by atomic mass is 35.5. The first kappa shape index (κ1) is 21.0. The Balaban J connectivity index is 1.50. The summed E-state index contributed by atoms with van der Waals surface area (Å²) in [6.45, 7) is 5.17. The second-order valence-corrected chi connectivity index (χ2v) is 8.83. The van der Waals surface area contributed by atoms with Gasteiger partial charge in [-0.3, -0.25) is 20.5 Å². The molecule has 0 radical (unpaired) electrons. The van der Waals surface area contributed by atoms with Crippen molar-refractivity contribution in [2.45, 2.75) is 44.4 Å². The Bertz CT molecular complexity index is 716. The second-order valence-electron chi connectivity index (χ2n) is 8.42. The van der Waals surface area contributed by atoms with E-state index in [1.807, 2.05) is 6.92 Å². The van der Waals surface area contributed by atoms with Crippen LogP contribution in [-0.4, -0.2) is 55.7 Å². The van der Waals surface area contributed by atoms with Crippen LogP contribution in [0.1, 0.15) is 37.8 Å². The van der Waals surface area contributed by atoms with Gasteiger partial charge in [-0.15, -0.1) is 0 Å². The van der Waals surface area contributed by atoms with Gasteiger partial charge in [0.2, 0.25) is 5.91 Å². The highest BCUT2D eigenvalue weighted by molar-refractivity contribution is 6.31. The zero-order chi connectivity index (χ0) is 20.4. The van der Waals surface area contributed by atoms with Gasteiger partial charge in [0.05, 0.1) is 24.7 Å². The van der Waals surface area contributed by atoms with Crippen LogP contribution in [0.2, 0.25) is 5.02 Å². The number of hydrogen-bond acceptors (Lipinski definition) is 5. The zero-order valence-corrected chi connectivity index (χ0v) is 17.6. The van der Waals surface area contributed by atoms with Crippen molar-refractivity contribution < 1.29 is 13.9 Å². The minimum Gasteiger partial charge on any atom is -0.376 e. The average molecular weight is 425 g/mol. The van der Waals surface area contributed by atoms with E-state index >= 15 is 0 Å². The molecule has 0 spiro atoms. The molecule has 2 heterocycles. The van der Waals surface area contributed by atoms with Gasteiger partial charge in [-0.2, -0.15) is 0 Å². The summed E-state index contributed by atoms with van der Waals surface area (Å²) in [5.41, 5.74) is 6.92. The van der Waals surface area contributed by atoms with E-state index in [4.69, 9.17) is 16.3 Å². The van der Waals surface area contributed by atoms with Crippen molar-refractivity contribution in [2.75, 3.05) is 32.8 Å². The minimum absolute atomic E-state index is 0.0367. The summed E-state index contributed by atoms with van der Waals surface area (Å²) in [7, 11) is 0. The van der Waals surface area contributed by atoms with E-state index in [9.17, 15) is 9.18 Å². The largest absolute Gasteiger partial charge is 0.376 e. The van der Waals surface area contributed by atoms with E-state index in [-0.39, 0.29) is 35.8 Å². The number of carbonyl (C=O) groups is 1. The Morgan fingerprint density at radius 3 is 3.10 bits per heavy atom. The van der Waals surface area contributed by atoms with Crippen molar-refractivity contribution in [3.8, 4) is 0 Å². The lowest BCUT2D eigenvalue weighted by Gasteiger charge is -2.38. The van der Waals surface area contributed by atoms with Crippen LogP contribution in [-0.2, 0) is 9.53 Å². The Morgan fingerprint density at radius 2 is 2.31 bits per heavy atom. The van der Waals surface area contributed by atoms with Crippen molar-refractivity contribution in [1.82, 2.24) is 21.1 Å². The highest BCUT2D eigenvalue weighted by Gasteiger charge is 2.40. The summed E-state index contributed by atoms with van der Waals surface area (Å²) in [6.07, 6.45) is 3.14. The Morgan fingerprint density at radius 1 is 1.45 bits per heavy atom. The molecular formula is C21H30ClFN4O2. The molecule has 6 nitrogen and oxygen atoms in total. The molecule has 1 saturated carbocycles. The van der Waals surface area contributed by atoms with Crippen molar-refractivity contribution in [2.24, 2.45) is 11.8 Å². The van der Waals surface area contributed by atoms with Crippen molar-refractivity contribution in [3.05, 3.63) is 34.6 Å². The van der Waals surface area contributed by atoms with E-state index in [0.717, 1.165) is 25.8 Å². The number of carbonyl (C=O) groups excluding carboxylic acids is 1. The van der Waals surface area contributed by atoms with E-state index < -0.39 is 0 Å². The molecule has 3 fully saturated rings. The molecule has 1 amide bonds. The molecule has 29 heavy (non-hydrogen) atoms. The Kier molecular flexibility index (Phi) is 6.71. The third-order valence-corrected chi connectivity index (χ3v) is 6.85. The number of nitrogens with zero attached hydrogens (tertiary/aromatic N) is 1. The molecule has 1 aromatic carbocycles. The van der Waals surface area contributed by atoms with Gasteiger partial charge in [0.15, 0.2) is 0 Å². The lowest BCUT2D eigenvalue weighted by atomic mass is 9.77. The van der Waals surface area contributed by atoms with E-state index in [2.05, 4.69) is 21.1 Å². The van der Waals surface area contributed by atoms with Gasteiger partial charge < -0.3 is 10.1 Å². The summed E-state index contributed by atoms with van der Waals surface area (Å²) in [5.74, 6) is 0.130. The number of morpholine rings is 1. The Labute approximate surface area is 176 Å². The van der Waals surface area contributed by atoms with Crippen LogP contribution in [0.3, 0.4) is 0 Å². The fourth-order valence-corrected chi connectivity index (χ4v) is 5.33. The minimum atomic E-state index is -0.338. The number of hydrogen-bond donors (Lipinski definition) is 3. The summed E-state index contributed by atoms with van der Waals surface area (Å²) in [5, 5.41) is 3.51. The van der Waals surface area contributed by atoms with Crippen molar-refractivity contribution >= 4 is 17.5 Å². The number of halogens is 2. The molecule has 0 bridgehead atoms. The van der Waals surface area contributed by atoms with Crippen LogP contribution < -0.4 is 16.2 Å². The maximum absolute atomic E-state index is 14.7. The molecule has 0 aromatic heterocycles. The van der Waals surface area contributed by atoms with Crippen LogP contribution >= 0.6 is 11.6 Å². The molecule has 4 rings (SSSR count). The summed E-state index contributed by atoms with van der Waals surface area (Å²) in [6, 6.07) is 4.59. The summed E-state index contributed by atoms with van der Waals surface area (Å²) in [4.78, 5) is 15.2. The van der Waals surface area contributed by atoms with Gasteiger partial charge in [0.25, 0.3) is 0 Å². The van der Waals surface area contributed by atoms with Gasteiger partial charge in [0.1, 0.15) is 5.82 Å². The molecule has 5 unspecified atom stereocenters. The summed E-state index contributed by atoms with van der Waals surface area (Å²) >= 11 is 6.39. The third kappa shape index (κ3) is 4.59. The van der Waals surface area contributed by atoms with Gasteiger partial charge in [0, 0.05) is 42.8 Å². The number of rotatable bonds is 5. The SMILES string of the molecule is CC1CN(C(CNC(=O)C2CCCC3CNNC32)c2c(F)cccc2Cl)CCO1. The number of fused-ring (bicyclic) bond motifs is 1. The normalized spacial score (nSPS) is 31.3. The average Bonchev–Trinajstić information content (AvgIpc) is 3.18. The Hall–Kier alpha value is -1.25. The first-order chi connectivity index (χ1) is 14.0. The smallest absolute Gasteiger partial charge is 0.224 e. The number of ether oxygens (including phenoxy) is 1. The predicted molar refractivity (Wildman–Crippen MR) is 110 cm³/mol. The third-order valence-electron chi connectivity index (χ3n) is 6.52. The van der Waals surface area contributed by atoms with Gasteiger partial charge in [-0.05, 0) is 37.8 Å². The molecule has 2 aliphatic heterocycles. The molecule has 8 heteroatoms. The maximum Gasteiger partial charge on any atom is 0.224 e. The van der Waals surface area contributed by atoms with Gasteiger partial charge in [-0.25, -0.2) is 4.39 Å². The van der Waals surface area contributed by atoms with Crippen molar-refractivity contribution in [1.29, 1.82) is 0 Å². The molecule has 5 atom stereocenters. The van der Waals surface area contributed by atoms with Crippen LogP contribution in [0.5, 0.6) is 0 Å². The lowest BCUT2D eigenvalue weighted by Crippen LogP contribution is -2.50. The van der Waals surface area contributed by atoms with Crippen LogP contribution in [0.15, 0.2) is 18.2 Å². The molecule has 3 N–H and O–H groups in total. The molecule has 1 aromatic rings. The molecule has 2 saturated heterocycles. The molecular weight excluding hydrogens is 395 g/mol. The van der Waals surface area contributed by atoms with Crippen LogP contribution in [0.25, 0.3) is 0 Å². The fraction of sp³-hybridized carbons (Fsp3) is 0.667. The van der Waals surface area contributed by atoms with Crippen LogP contribution in [0, 0.1) is 17.7 Å². The molecule has 160 valence electrons. The number of amides is 1. The number of hydrazine groups is 1. The predicted octanol–water partition coefficient (Wildman–Crippen LogP) is 2.25. The standard InChI is InChI=1S/C21H30ClFN4O2/c1-13-12-27(8-9-29-13)18(19-16(22)6-3-7-17(19)23)11-24-21(28)15-5-2-4-14-10-25-26-20(14)15/h3,6-7,13-15,18,20,25-26H,2,4-5,8-12H2,1H3,(H,24,28). The van der Waals surface area contributed by atoms with E-state index in [1.54, 1.807) is 12.1 Å². The molecule has 1 aliphatic carbocycles. The maximum atomic E-state index is 14.7. The monoisotopic (exact) mass is 424 g/mol. The topological polar surface area (TPSA) is 65.6 Å². The van der Waals surface area contributed by atoms with E-state index in [1.165, 1.54) is 6.07 Å². The zero-order valence-electron chi connectivity index (χ0n) is 16.8. The van der Waals surface area contributed by atoms with E-state index in [0.29, 0.717) is 42.7 Å². The number of nitrogens with one attached hydrogen (secondary N) is 3. The van der Waals surface area contributed by atoms with Crippen molar-refractivity contribution in [3.63, 3.8) is 0 Å². The lowest BCUT2D eigenvalue weighted by molar-refractivity contribution is -0.127. The first-order valence-corrected chi connectivity index (χ1v) is 11.0.